The van der Waals surface area contributed by atoms with Gasteiger partial charge in [0.2, 0.25) is 9.69 Å². The van der Waals surface area contributed by atoms with Crippen molar-refractivity contribution in [1.29, 1.82) is 5.41 Å². The number of nitrogens with zero attached hydrogens (tertiary/aromatic N) is 7. The maximum atomic E-state index is 6.77. The first-order chi connectivity index (χ1) is 41.1. The van der Waals surface area contributed by atoms with Crippen LogP contribution in [-0.2, 0) is 22.2 Å². The smallest absolute Gasteiger partial charge is 0.265 e. The predicted molar refractivity (Wildman–Crippen MR) is 350 cm³/mol. The van der Waals surface area contributed by atoms with Gasteiger partial charge in [-0.25, -0.2) is 9.36 Å². The molecule has 0 amide bonds. The summed E-state index contributed by atoms with van der Waals surface area (Å²) in [5.74, 6) is -0.373. The van der Waals surface area contributed by atoms with Crippen molar-refractivity contribution in [1.82, 2.24) is 29.5 Å². The summed E-state index contributed by atoms with van der Waals surface area (Å²) >= 11 is 34.3. The Morgan fingerprint density at radius 2 is 0.788 bits per heavy atom. The van der Waals surface area contributed by atoms with Crippen LogP contribution in [0.5, 0.6) is 0 Å². The maximum absolute atomic E-state index is 6.77. The standard InChI is InChI=1S/C34H23Cl3N4.C31H25N5.C3H4Cl3NO/c35-34(36,37)31-21-24-20-30-28(22-29(24)39-31)32(23-16-18-38-19-17-23)40-41(30)33(25-10-4-1-5-11-25,26-12-6-2-7-13-26)27-14-8-3-9-15-27;32-27-20-26-29(21-28(27)33)36(35-30(26)22-16-18-34-19-17-22)31(23-10-4-1-5-11-23,24-12-6-2-7-13-24)25-14-8-3-9-15-25;1-8-2(7)3(4,5)6/h1-20,22H,21H2;1-21H,32-33H2;7H,1H3. The van der Waals surface area contributed by atoms with E-state index in [0.717, 1.165) is 89.0 Å². The van der Waals surface area contributed by atoms with E-state index in [4.69, 9.17) is 102 Å². The molecule has 0 atom stereocenters. The Morgan fingerprint density at radius 1 is 0.459 bits per heavy atom. The third kappa shape index (κ3) is 11.4. The van der Waals surface area contributed by atoms with Crippen molar-refractivity contribution in [2.45, 2.75) is 25.1 Å². The number of methoxy groups -OCH3 is 1. The number of rotatable bonds is 10. The Hall–Kier alpha value is -8.52. The third-order valence-corrected chi connectivity index (χ3v) is 16.0. The monoisotopic (exact) mass is 1230 g/mol. The highest BCUT2D eigenvalue weighted by Gasteiger charge is 2.43. The number of anilines is 2. The number of alkyl halides is 6. The summed E-state index contributed by atoms with van der Waals surface area (Å²) in [6, 6.07) is 78.9. The summed E-state index contributed by atoms with van der Waals surface area (Å²) in [6.07, 6.45) is 7.57. The maximum Gasteiger partial charge on any atom is 0.265 e. The summed E-state index contributed by atoms with van der Waals surface area (Å²) < 4.78 is 5.28. The summed E-state index contributed by atoms with van der Waals surface area (Å²) in [6.45, 7) is 0. The molecule has 8 aromatic carbocycles. The second kappa shape index (κ2) is 24.6. The number of nitrogens with one attached hydrogen (secondary N) is 1. The Balaban J connectivity index is 0.000000158. The molecule has 5 N–H and O–H groups in total. The molecule has 0 saturated heterocycles. The fraction of sp³-hybridized carbons (Fsp3) is 0.0882. The van der Waals surface area contributed by atoms with Crippen molar-refractivity contribution in [3.63, 3.8) is 0 Å². The summed E-state index contributed by atoms with van der Waals surface area (Å²) in [5, 5.41) is 19.4. The van der Waals surface area contributed by atoms with Gasteiger partial charge >= 0.3 is 0 Å². The van der Waals surface area contributed by atoms with Crippen LogP contribution in [0.2, 0.25) is 0 Å². The molecule has 0 aliphatic carbocycles. The Labute approximate surface area is 521 Å². The number of nitrogens with two attached hydrogens (primary N) is 2. The fourth-order valence-electron chi connectivity index (χ4n) is 11.0. The zero-order valence-corrected chi connectivity index (χ0v) is 50.0. The molecule has 1 aliphatic rings. The number of aliphatic imine (C=N–C) groups is 1. The number of halogens is 6. The molecule has 5 heterocycles. The number of nitrogen functional groups attached to an aromatic ring is 2. The molecule has 4 aromatic heterocycles. The van der Waals surface area contributed by atoms with Crippen LogP contribution < -0.4 is 11.5 Å². The Morgan fingerprint density at radius 3 is 1.11 bits per heavy atom. The molecular weight excluding hydrogens is 1190 g/mol. The number of fused-ring (bicyclic) bond motifs is 3. The topological polar surface area (TPSA) is 159 Å². The van der Waals surface area contributed by atoms with E-state index in [1.165, 1.54) is 7.11 Å². The van der Waals surface area contributed by atoms with E-state index in [1.54, 1.807) is 24.8 Å². The average Bonchev–Trinajstić information content (AvgIpc) is 1.91. The van der Waals surface area contributed by atoms with Gasteiger partial charge in [-0.05, 0) is 87.5 Å². The van der Waals surface area contributed by atoms with E-state index in [0.29, 0.717) is 23.5 Å². The van der Waals surface area contributed by atoms with Crippen LogP contribution in [0.1, 0.15) is 38.9 Å². The first-order valence-electron chi connectivity index (χ1n) is 26.8. The highest BCUT2D eigenvalue weighted by molar-refractivity contribution is 6.77. The number of ether oxygens (including phenoxy) is 1. The second-order valence-electron chi connectivity index (χ2n) is 19.9. The van der Waals surface area contributed by atoms with Crippen LogP contribution in [0.25, 0.3) is 44.3 Å². The lowest BCUT2D eigenvalue weighted by Gasteiger charge is -2.37. The normalized spacial score (nSPS) is 12.3. The van der Waals surface area contributed by atoms with Crippen molar-refractivity contribution < 1.29 is 4.74 Å². The van der Waals surface area contributed by atoms with Gasteiger partial charge in [-0.3, -0.25) is 20.4 Å². The molecule has 422 valence electrons. The molecule has 0 unspecified atom stereocenters. The highest BCUT2D eigenvalue weighted by Crippen LogP contribution is 2.48. The lowest BCUT2D eigenvalue weighted by Crippen LogP contribution is -2.38. The van der Waals surface area contributed by atoms with Crippen LogP contribution in [0.15, 0.2) is 260 Å². The quantitative estimate of drug-likeness (QED) is 0.0404. The average molecular weight is 1240 g/mol. The van der Waals surface area contributed by atoms with Crippen LogP contribution in [0.4, 0.5) is 17.1 Å². The van der Waals surface area contributed by atoms with E-state index in [9.17, 15) is 0 Å². The van der Waals surface area contributed by atoms with Gasteiger partial charge < -0.3 is 16.2 Å². The number of aromatic nitrogens is 6. The minimum Gasteiger partial charge on any atom is -0.481 e. The fourth-order valence-corrected chi connectivity index (χ4v) is 11.6. The van der Waals surface area contributed by atoms with Gasteiger partial charge in [0.1, 0.15) is 22.5 Å². The Kier molecular flexibility index (Phi) is 16.9. The van der Waals surface area contributed by atoms with Crippen molar-refractivity contribution in [2.75, 3.05) is 18.6 Å². The van der Waals surface area contributed by atoms with Crippen LogP contribution in [0.3, 0.4) is 0 Å². The number of benzene rings is 8. The molecule has 0 radical (unpaired) electrons. The van der Waals surface area contributed by atoms with Gasteiger partial charge in [-0.15, -0.1) is 0 Å². The van der Waals surface area contributed by atoms with E-state index in [-0.39, 0.29) is 5.90 Å². The van der Waals surface area contributed by atoms with Crippen molar-refractivity contribution in [3.8, 4) is 22.5 Å². The van der Waals surface area contributed by atoms with E-state index >= 15 is 0 Å². The lowest BCUT2D eigenvalue weighted by molar-refractivity contribution is 0.391. The molecular formula is C68H52Cl6N10O. The Bertz CT molecular complexity index is 4110. The van der Waals surface area contributed by atoms with Gasteiger partial charge in [-0.1, -0.05) is 252 Å². The minimum atomic E-state index is -1.71. The molecule has 17 heteroatoms. The molecule has 0 spiro atoms. The zero-order chi connectivity index (χ0) is 59.3. The molecule has 85 heavy (non-hydrogen) atoms. The largest absolute Gasteiger partial charge is 0.481 e. The third-order valence-electron chi connectivity index (χ3n) is 14.9. The molecule has 0 bridgehead atoms. The highest BCUT2D eigenvalue weighted by atomic mass is 35.6. The summed E-state index contributed by atoms with van der Waals surface area (Å²) in [7, 11) is 1.27. The van der Waals surface area contributed by atoms with Gasteiger partial charge in [-0.2, -0.15) is 10.2 Å². The number of hydrogen-bond acceptors (Lipinski definition) is 9. The van der Waals surface area contributed by atoms with Gasteiger partial charge in [0, 0.05) is 53.1 Å². The van der Waals surface area contributed by atoms with E-state index < -0.39 is 18.7 Å². The van der Waals surface area contributed by atoms with E-state index in [2.05, 4.69) is 182 Å². The first-order valence-corrected chi connectivity index (χ1v) is 29.0. The van der Waals surface area contributed by atoms with Crippen molar-refractivity contribution in [2.24, 2.45) is 4.99 Å². The molecule has 0 fully saturated rings. The zero-order valence-electron chi connectivity index (χ0n) is 45.4. The molecule has 13 rings (SSSR count). The predicted octanol–water partition coefficient (Wildman–Crippen LogP) is 17.0. The SMILES string of the molecule is COC(=N)C(Cl)(Cl)Cl.ClC(Cl)(Cl)C1=Nc2cc3c(-c4ccncc4)nn(C(c4ccccc4)(c4ccccc4)c4ccccc4)c3cc2C1.Nc1cc2c(-c3ccncc3)nn(C(c3ccccc3)(c3ccccc3)c3ccccc3)c2cc1N. The van der Waals surface area contributed by atoms with Gasteiger partial charge in [0.25, 0.3) is 3.79 Å². The first kappa shape index (κ1) is 58.3. The van der Waals surface area contributed by atoms with Crippen LogP contribution in [0, 0.1) is 5.41 Å². The summed E-state index contributed by atoms with van der Waals surface area (Å²) in [5.41, 5.74) is 26.4. The number of pyridine rings is 2. The van der Waals surface area contributed by atoms with Crippen LogP contribution >= 0.6 is 69.6 Å². The summed E-state index contributed by atoms with van der Waals surface area (Å²) in [4.78, 5) is 13.2. The number of hydrogen-bond donors (Lipinski definition) is 3. The molecule has 0 saturated carbocycles. The van der Waals surface area contributed by atoms with Gasteiger partial charge in [0.15, 0.2) is 0 Å². The minimum absolute atomic E-state index is 0.373. The van der Waals surface area contributed by atoms with Crippen molar-refractivity contribution >= 4 is 120 Å². The lowest BCUT2D eigenvalue weighted by atomic mass is 9.77. The molecule has 11 nitrogen and oxygen atoms in total. The van der Waals surface area contributed by atoms with Crippen LogP contribution in [-0.4, -0.2) is 55.8 Å². The molecule has 12 aromatic rings. The van der Waals surface area contributed by atoms with Crippen molar-refractivity contribution in [3.05, 3.63) is 294 Å². The van der Waals surface area contributed by atoms with Gasteiger partial charge in [0.05, 0.1) is 40.9 Å². The second-order valence-corrected chi connectivity index (χ2v) is 24.4. The van der Waals surface area contributed by atoms with E-state index in [1.807, 2.05) is 72.8 Å². The molecule has 1 aliphatic heterocycles.